The van der Waals surface area contributed by atoms with E-state index in [0.29, 0.717) is 0 Å². The summed E-state index contributed by atoms with van der Waals surface area (Å²) in [5.41, 5.74) is 0. The molecule has 1 aliphatic heterocycles. The highest BCUT2D eigenvalue weighted by Crippen LogP contribution is 2.33. The summed E-state index contributed by atoms with van der Waals surface area (Å²) >= 11 is 0. The number of piperidine rings is 1. The molecule has 2 rings (SSSR count). The molecule has 3 heteroatoms. The summed E-state index contributed by atoms with van der Waals surface area (Å²) in [6, 6.07) is 0. The van der Waals surface area contributed by atoms with Gasteiger partial charge in [0, 0.05) is 13.0 Å². The fourth-order valence-corrected chi connectivity index (χ4v) is 2.62. The Morgan fingerprint density at radius 3 is 2.47 bits per heavy atom. The number of nitrogens with one attached hydrogen (secondary N) is 2. The van der Waals surface area contributed by atoms with Crippen molar-refractivity contribution in [1.29, 1.82) is 0 Å². The normalized spacial score (nSPS) is 21.4. The fraction of sp³-hybridized carbons (Fsp3) is 0.929. The standard InChI is InChI=1S/C14H26N2O/c17-14(16-9-1-2-12-3-4-12)6-5-13-7-10-15-11-8-13/h12-13,15H,1-11H2,(H,16,17). The lowest BCUT2D eigenvalue weighted by Crippen LogP contribution is -2.29. The SMILES string of the molecule is O=C(CCC1CCNCC1)NCCCC1CC1. The lowest BCUT2D eigenvalue weighted by atomic mass is 9.93. The van der Waals surface area contributed by atoms with Crippen LogP contribution in [0.25, 0.3) is 0 Å². The second kappa shape index (κ2) is 7.00. The van der Waals surface area contributed by atoms with Gasteiger partial charge in [-0.05, 0) is 57.0 Å². The molecule has 0 radical (unpaired) electrons. The Bertz CT molecular complexity index is 232. The third-order valence-electron chi connectivity index (χ3n) is 4.05. The molecule has 0 bridgehead atoms. The van der Waals surface area contributed by atoms with Gasteiger partial charge >= 0.3 is 0 Å². The lowest BCUT2D eigenvalue weighted by Gasteiger charge is -2.22. The van der Waals surface area contributed by atoms with Crippen molar-refractivity contribution in [3.05, 3.63) is 0 Å². The number of carbonyl (C=O) groups is 1. The molecule has 0 spiro atoms. The van der Waals surface area contributed by atoms with E-state index in [-0.39, 0.29) is 5.91 Å². The van der Waals surface area contributed by atoms with E-state index < -0.39 is 0 Å². The van der Waals surface area contributed by atoms with Crippen LogP contribution in [0.3, 0.4) is 0 Å². The molecule has 0 aromatic carbocycles. The molecule has 2 fully saturated rings. The Hall–Kier alpha value is -0.570. The number of hydrogen-bond acceptors (Lipinski definition) is 2. The summed E-state index contributed by atoms with van der Waals surface area (Å²) in [5.74, 6) is 2.02. The van der Waals surface area contributed by atoms with E-state index >= 15 is 0 Å². The molecule has 98 valence electrons. The molecule has 0 aromatic rings. The van der Waals surface area contributed by atoms with Crippen LogP contribution >= 0.6 is 0 Å². The third kappa shape index (κ3) is 5.53. The monoisotopic (exact) mass is 238 g/mol. The molecule has 0 unspecified atom stereocenters. The second-order valence-corrected chi connectivity index (χ2v) is 5.67. The van der Waals surface area contributed by atoms with Crippen molar-refractivity contribution in [3.8, 4) is 0 Å². The molecule has 3 nitrogen and oxygen atoms in total. The van der Waals surface area contributed by atoms with Gasteiger partial charge in [-0.15, -0.1) is 0 Å². The first-order chi connectivity index (χ1) is 8.34. The Balaban J connectivity index is 1.44. The van der Waals surface area contributed by atoms with Gasteiger partial charge in [-0.1, -0.05) is 12.8 Å². The fourth-order valence-electron chi connectivity index (χ4n) is 2.62. The first kappa shape index (κ1) is 12.9. The van der Waals surface area contributed by atoms with Crippen LogP contribution in [0.15, 0.2) is 0 Å². The summed E-state index contributed by atoms with van der Waals surface area (Å²) in [7, 11) is 0. The van der Waals surface area contributed by atoms with Gasteiger partial charge in [0.2, 0.25) is 5.91 Å². The molecule has 17 heavy (non-hydrogen) atoms. The van der Waals surface area contributed by atoms with E-state index in [1.165, 1.54) is 38.5 Å². The molecule has 0 atom stereocenters. The molecule has 2 aliphatic rings. The first-order valence-corrected chi connectivity index (χ1v) is 7.32. The summed E-state index contributed by atoms with van der Waals surface area (Å²) in [5, 5.41) is 6.41. The van der Waals surface area contributed by atoms with Gasteiger partial charge in [-0.2, -0.15) is 0 Å². The maximum atomic E-state index is 11.6. The summed E-state index contributed by atoms with van der Waals surface area (Å²) in [6.45, 7) is 3.16. The minimum Gasteiger partial charge on any atom is -0.356 e. The zero-order chi connectivity index (χ0) is 11.9. The maximum Gasteiger partial charge on any atom is 0.220 e. The van der Waals surface area contributed by atoms with Crippen LogP contribution in [-0.4, -0.2) is 25.5 Å². The predicted octanol–water partition coefficient (Wildman–Crippen LogP) is 2.07. The smallest absolute Gasteiger partial charge is 0.220 e. The topological polar surface area (TPSA) is 41.1 Å². The van der Waals surface area contributed by atoms with Gasteiger partial charge in [0.25, 0.3) is 0 Å². The van der Waals surface area contributed by atoms with Gasteiger partial charge in [0.15, 0.2) is 0 Å². The predicted molar refractivity (Wildman–Crippen MR) is 69.8 cm³/mol. The minimum atomic E-state index is 0.263. The Morgan fingerprint density at radius 1 is 1.06 bits per heavy atom. The van der Waals surface area contributed by atoms with Crippen LogP contribution in [0, 0.1) is 11.8 Å². The van der Waals surface area contributed by atoms with E-state index in [1.54, 1.807) is 0 Å². The Labute approximate surface area is 105 Å². The molecule has 1 saturated heterocycles. The van der Waals surface area contributed by atoms with Crippen LogP contribution in [0.1, 0.15) is 51.4 Å². The number of amides is 1. The molecule has 1 saturated carbocycles. The van der Waals surface area contributed by atoms with E-state index in [0.717, 1.165) is 44.3 Å². The van der Waals surface area contributed by atoms with E-state index in [4.69, 9.17) is 0 Å². The van der Waals surface area contributed by atoms with Crippen molar-refractivity contribution in [1.82, 2.24) is 10.6 Å². The molecule has 0 aromatic heterocycles. The molecule has 1 aliphatic carbocycles. The van der Waals surface area contributed by atoms with Gasteiger partial charge in [0.05, 0.1) is 0 Å². The zero-order valence-corrected chi connectivity index (χ0v) is 10.8. The third-order valence-corrected chi connectivity index (χ3v) is 4.05. The van der Waals surface area contributed by atoms with Crippen molar-refractivity contribution in [2.45, 2.75) is 51.4 Å². The summed E-state index contributed by atoms with van der Waals surface area (Å²) < 4.78 is 0. The quantitative estimate of drug-likeness (QED) is 0.667. The summed E-state index contributed by atoms with van der Waals surface area (Å²) in [6.07, 6.45) is 9.62. The van der Waals surface area contributed by atoms with E-state index in [9.17, 15) is 4.79 Å². The van der Waals surface area contributed by atoms with Crippen molar-refractivity contribution < 1.29 is 4.79 Å². The van der Waals surface area contributed by atoms with Crippen molar-refractivity contribution >= 4 is 5.91 Å². The zero-order valence-electron chi connectivity index (χ0n) is 10.8. The Morgan fingerprint density at radius 2 is 1.76 bits per heavy atom. The van der Waals surface area contributed by atoms with Gasteiger partial charge in [-0.25, -0.2) is 0 Å². The Kier molecular flexibility index (Phi) is 5.30. The highest BCUT2D eigenvalue weighted by molar-refractivity contribution is 5.75. The first-order valence-electron chi connectivity index (χ1n) is 7.32. The van der Waals surface area contributed by atoms with E-state index in [2.05, 4.69) is 10.6 Å². The van der Waals surface area contributed by atoms with Crippen LogP contribution in [0.2, 0.25) is 0 Å². The molecular weight excluding hydrogens is 212 g/mol. The van der Waals surface area contributed by atoms with E-state index in [1.807, 2.05) is 0 Å². The van der Waals surface area contributed by atoms with Crippen LogP contribution in [-0.2, 0) is 4.79 Å². The van der Waals surface area contributed by atoms with Crippen LogP contribution < -0.4 is 10.6 Å². The molecule has 1 amide bonds. The minimum absolute atomic E-state index is 0.263. The highest BCUT2D eigenvalue weighted by Gasteiger charge is 2.20. The molecule has 2 N–H and O–H groups in total. The van der Waals surface area contributed by atoms with Crippen LogP contribution in [0.5, 0.6) is 0 Å². The second-order valence-electron chi connectivity index (χ2n) is 5.67. The summed E-state index contributed by atoms with van der Waals surface area (Å²) in [4.78, 5) is 11.6. The number of carbonyl (C=O) groups excluding carboxylic acids is 1. The largest absolute Gasteiger partial charge is 0.356 e. The number of rotatable bonds is 7. The molecule has 1 heterocycles. The van der Waals surface area contributed by atoms with Gasteiger partial charge in [0.1, 0.15) is 0 Å². The van der Waals surface area contributed by atoms with Crippen molar-refractivity contribution in [2.75, 3.05) is 19.6 Å². The average molecular weight is 238 g/mol. The highest BCUT2D eigenvalue weighted by atomic mass is 16.1. The van der Waals surface area contributed by atoms with Crippen LogP contribution in [0.4, 0.5) is 0 Å². The van der Waals surface area contributed by atoms with Crippen molar-refractivity contribution in [2.24, 2.45) is 11.8 Å². The van der Waals surface area contributed by atoms with Gasteiger partial charge in [-0.3, -0.25) is 4.79 Å². The van der Waals surface area contributed by atoms with Crippen molar-refractivity contribution in [3.63, 3.8) is 0 Å². The molecular formula is C14H26N2O. The lowest BCUT2D eigenvalue weighted by molar-refractivity contribution is -0.121. The maximum absolute atomic E-state index is 11.6. The number of hydrogen-bond donors (Lipinski definition) is 2. The van der Waals surface area contributed by atoms with Gasteiger partial charge < -0.3 is 10.6 Å². The average Bonchev–Trinajstić information content (AvgIpc) is 3.17.